The van der Waals surface area contributed by atoms with E-state index in [4.69, 9.17) is 9.47 Å². The number of benzene rings is 3. The second-order valence-corrected chi connectivity index (χ2v) is 9.35. The van der Waals surface area contributed by atoms with Gasteiger partial charge in [-0.3, -0.25) is 14.5 Å². The van der Waals surface area contributed by atoms with Crippen LogP contribution < -0.4 is 14.4 Å². The Labute approximate surface area is 211 Å². The number of aryl methyl sites for hydroxylation is 2. The van der Waals surface area contributed by atoms with Gasteiger partial charge in [-0.2, -0.15) is 0 Å². The fourth-order valence-corrected chi connectivity index (χ4v) is 4.73. The summed E-state index contributed by atoms with van der Waals surface area (Å²) in [6.45, 7) is 7.83. The first-order valence-electron chi connectivity index (χ1n) is 11.9. The predicted octanol–water partition coefficient (Wildman–Crippen LogP) is 6.07. The molecule has 1 fully saturated rings. The molecule has 6 nitrogen and oxygen atoms in total. The molecule has 6 heteroatoms. The molecule has 3 aromatic rings. The van der Waals surface area contributed by atoms with Gasteiger partial charge in [0.15, 0.2) is 0 Å². The summed E-state index contributed by atoms with van der Waals surface area (Å²) in [5.41, 5.74) is 4.36. The zero-order chi connectivity index (χ0) is 26.1. The first-order valence-corrected chi connectivity index (χ1v) is 11.9. The highest BCUT2D eigenvalue weighted by molar-refractivity contribution is 6.51. The van der Waals surface area contributed by atoms with Crippen molar-refractivity contribution in [2.45, 2.75) is 39.7 Å². The molecular formula is C30H31NO5. The number of aliphatic hydroxyl groups is 1. The molecule has 3 aromatic carbocycles. The fourth-order valence-electron chi connectivity index (χ4n) is 4.73. The number of nitrogens with zero attached hydrogens (tertiary/aromatic N) is 1. The number of Topliss-reactive ketones (excluding diaryl/α,β-unsaturated/α-hetero) is 1. The third-order valence-corrected chi connectivity index (χ3v) is 6.59. The van der Waals surface area contributed by atoms with Gasteiger partial charge in [-0.1, -0.05) is 38.1 Å². The van der Waals surface area contributed by atoms with Crippen molar-refractivity contribution in [2.75, 3.05) is 19.1 Å². The molecule has 0 saturated carbocycles. The first-order chi connectivity index (χ1) is 17.2. The number of ether oxygens (including phenoxy) is 2. The van der Waals surface area contributed by atoms with Gasteiger partial charge in [0.2, 0.25) is 0 Å². The van der Waals surface area contributed by atoms with E-state index < -0.39 is 17.7 Å². The highest BCUT2D eigenvalue weighted by atomic mass is 16.5. The molecule has 1 aliphatic heterocycles. The Morgan fingerprint density at radius 3 is 2.31 bits per heavy atom. The number of aliphatic hydroxyl groups excluding tert-OH is 1. The zero-order valence-electron chi connectivity index (χ0n) is 21.5. The van der Waals surface area contributed by atoms with E-state index in [1.54, 1.807) is 38.5 Å². The van der Waals surface area contributed by atoms with E-state index in [2.05, 4.69) is 0 Å². The van der Waals surface area contributed by atoms with Crippen LogP contribution in [0.4, 0.5) is 5.69 Å². The molecule has 0 bridgehead atoms. The van der Waals surface area contributed by atoms with Gasteiger partial charge >= 0.3 is 0 Å². The number of rotatable bonds is 6. The van der Waals surface area contributed by atoms with Crippen molar-refractivity contribution in [3.63, 3.8) is 0 Å². The third-order valence-electron chi connectivity index (χ3n) is 6.59. The molecular weight excluding hydrogens is 454 g/mol. The van der Waals surface area contributed by atoms with Gasteiger partial charge in [0.05, 0.1) is 25.8 Å². The highest BCUT2D eigenvalue weighted by Crippen LogP contribution is 2.44. The lowest BCUT2D eigenvalue weighted by atomic mass is 9.91. The van der Waals surface area contributed by atoms with Crippen molar-refractivity contribution in [3.05, 3.63) is 94.1 Å². The van der Waals surface area contributed by atoms with Gasteiger partial charge in [0.1, 0.15) is 17.3 Å². The lowest BCUT2D eigenvalue weighted by molar-refractivity contribution is -0.132. The van der Waals surface area contributed by atoms with E-state index in [-0.39, 0.29) is 17.3 Å². The van der Waals surface area contributed by atoms with Gasteiger partial charge < -0.3 is 14.6 Å². The number of amides is 1. The van der Waals surface area contributed by atoms with Crippen molar-refractivity contribution in [1.29, 1.82) is 0 Å². The Morgan fingerprint density at radius 2 is 1.67 bits per heavy atom. The lowest BCUT2D eigenvalue weighted by Gasteiger charge is -2.26. The smallest absolute Gasteiger partial charge is 0.300 e. The van der Waals surface area contributed by atoms with Crippen molar-refractivity contribution in [2.24, 2.45) is 0 Å². The van der Waals surface area contributed by atoms with Crippen LogP contribution in [0.2, 0.25) is 0 Å². The monoisotopic (exact) mass is 485 g/mol. The molecule has 4 rings (SSSR count). The normalized spacial score (nSPS) is 17.1. The molecule has 1 unspecified atom stereocenters. The van der Waals surface area contributed by atoms with Crippen LogP contribution in [0.5, 0.6) is 11.5 Å². The summed E-state index contributed by atoms with van der Waals surface area (Å²) in [6.07, 6.45) is 0. The van der Waals surface area contributed by atoms with Crippen LogP contribution in [0.1, 0.15) is 53.6 Å². The quantitative estimate of drug-likeness (QED) is 0.261. The second kappa shape index (κ2) is 9.90. The van der Waals surface area contributed by atoms with Crippen molar-refractivity contribution in [3.8, 4) is 11.5 Å². The molecule has 0 radical (unpaired) electrons. The summed E-state index contributed by atoms with van der Waals surface area (Å²) in [5.74, 6) is -0.212. The summed E-state index contributed by atoms with van der Waals surface area (Å²) >= 11 is 0. The second-order valence-electron chi connectivity index (χ2n) is 9.35. The van der Waals surface area contributed by atoms with Crippen molar-refractivity contribution < 1.29 is 24.2 Å². The molecule has 0 aromatic heterocycles. The van der Waals surface area contributed by atoms with E-state index in [1.807, 2.05) is 64.1 Å². The van der Waals surface area contributed by atoms with E-state index in [1.165, 1.54) is 4.90 Å². The number of ketones is 1. The number of hydrogen-bond donors (Lipinski definition) is 1. The van der Waals surface area contributed by atoms with Gasteiger partial charge in [0, 0.05) is 11.3 Å². The molecule has 1 aliphatic rings. The van der Waals surface area contributed by atoms with Crippen LogP contribution in [0.25, 0.3) is 5.76 Å². The minimum Gasteiger partial charge on any atom is -0.507 e. The topological polar surface area (TPSA) is 76.1 Å². The van der Waals surface area contributed by atoms with Gasteiger partial charge in [0.25, 0.3) is 11.7 Å². The number of anilines is 1. The summed E-state index contributed by atoms with van der Waals surface area (Å²) in [7, 11) is 3.17. The van der Waals surface area contributed by atoms with Crippen LogP contribution in [0.3, 0.4) is 0 Å². The molecule has 186 valence electrons. The van der Waals surface area contributed by atoms with Crippen molar-refractivity contribution >= 4 is 23.1 Å². The van der Waals surface area contributed by atoms with Crippen molar-refractivity contribution in [1.82, 2.24) is 0 Å². The molecule has 0 spiro atoms. The van der Waals surface area contributed by atoms with Crippen LogP contribution in [-0.4, -0.2) is 31.0 Å². The summed E-state index contributed by atoms with van der Waals surface area (Å²) in [5, 5.41) is 11.6. The number of carbonyl (C=O) groups is 2. The van der Waals surface area contributed by atoms with Crippen LogP contribution in [0.15, 0.2) is 66.2 Å². The molecule has 1 saturated heterocycles. The first kappa shape index (κ1) is 25.0. The Kier molecular flexibility index (Phi) is 6.88. The lowest BCUT2D eigenvalue weighted by Crippen LogP contribution is -2.29. The maximum atomic E-state index is 13.5. The SMILES string of the molecule is COc1cccc(C2/C(=C(\O)c3cc(C(C)C)c(OC)cc3C)C(=O)C(=O)N2c2cccc(C)c2)c1. The maximum Gasteiger partial charge on any atom is 0.300 e. The average Bonchev–Trinajstić information content (AvgIpc) is 3.13. The van der Waals surface area contributed by atoms with E-state index >= 15 is 0 Å². The minimum absolute atomic E-state index is 0.0396. The van der Waals surface area contributed by atoms with Gasteiger partial charge in [-0.05, 0) is 78.4 Å². The molecule has 0 aliphatic carbocycles. The van der Waals surface area contributed by atoms with Gasteiger partial charge in [-0.15, -0.1) is 0 Å². The van der Waals surface area contributed by atoms with E-state index in [9.17, 15) is 14.7 Å². The number of carbonyl (C=O) groups excluding carboxylic acids is 2. The van der Waals surface area contributed by atoms with Crippen LogP contribution in [-0.2, 0) is 9.59 Å². The zero-order valence-corrected chi connectivity index (χ0v) is 21.5. The third kappa shape index (κ3) is 4.35. The van der Waals surface area contributed by atoms with E-state index in [0.29, 0.717) is 28.3 Å². The predicted molar refractivity (Wildman–Crippen MR) is 141 cm³/mol. The van der Waals surface area contributed by atoms with Gasteiger partial charge in [-0.25, -0.2) is 0 Å². The Balaban J connectivity index is 2.00. The maximum absolute atomic E-state index is 13.5. The Hall–Kier alpha value is -4.06. The van der Waals surface area contributed by atoms with Crippen LogP contribution in [0, 0.1) is 13.8 Å². The number of hydrogen-bond acceptors (Lipinski definition) is 5. The molecule has 1 heterocycles. The molecule has 1 amide bonds. The average molecular weight is 486 g/mol. The summed E-state index contributed by atoms with van der Waals surface area (Å²) < 4.78 is 11.0. The standard InChI is InChI=1S/C30H31NO5/c1-17(2)23-16-24(19(4)14-25(23)36-6)28(32)26-27(20-10-8-12-22(15-20)35-5)31(30(34)29(26)33)21-11-7-9-18(3)13-21/h7-17,27,32H,1-6H3/b28-26+. The summed E-state index contributed by atoms with van der Waals surface area (Å²) in [4.78, 5) is 28.4. The molecule has 36 heavy (non-hydrogen) atoms. The minimum atomic E-state index is -0.828. The summed E-state index contributed by atoms with van der Waals surface area (Å²) in [6, 6.07) is 17.5. The Bertz CT molecular complexity index is 1370. The number of methoxy groups -OCH3 is 2. The highest BCUT2D eigenvalue weighted by Gasteiger charge is 2.47. The fraction of sp³-hybridized carbons (Fsp3) is 0.267. The molecule has 1 N–H and O–H groups in total. The molecule has 1 atom stereocenters. The van der Waals surface area contributed by atoms with E-state index in [0.717, 1.165) is 16.7 Å². The Morgan fingerprint density at radius 1 is 0.944 bits per heavy atom. The van der Waals surface area contributed by atoms with Crippen LogP contribution >= 0.6 is 0 Å². The largest absolute Gasteiger partial charge is 0.507 e.